The van der Waals surface area contributed by atoms with Crippen molar-refractivity contribution in [3.8, 4) is 5.75 Å². The van der Waals surface area contributed by atoms with E-state index in [1.165, 1.54) is 13.2 Å². The maximum absolute atomic E-state index is 13.0. The minimum atomic E-state index is -0.337. The van der Waals surface area contributed by atoms with Gasteiger partial charge in [-0.25, -0.2) is 4.39 Å². The molecular weight excluding hydrogens is 157 g/mol. The van der Waals surface area contributed by atoms with Crippen LogP contribution in [0, 0.1) is 5.82 Å². The van der Waals surface area contributed by atoms with Crippen LogP contribution in [0.15, 0.2) is 18.2 Å². The second kappa shape index (κ2) is 3.95. The van der Waals surface area contributed by atoms with Gasteiger partial charge in [0.05, 0.1) is 12.8 Å². The molecule has 0 unspecified atom stereocenters. The maximum Gasteiger partial charge on any atom is 0.177 e. The summed E-state index contributed by atoms with van der Waals surface area (Å²) >= 11 is 0. The average Bonchev–Trinajstić information content (AvgIpc) is 2.05. The van der Waals surface area contributed by atoms with Crippen LogP contribution in [0.5, 0.6) is 5.75 Å². The lowest BCUT2D eigenvalue weighted by Crippen LogP contribution is -2.00. The van der Waals surface area contributed by atoms with Crippen LogP contribution in [0.25, 0.3) is 0 Å². The van der Waals surface area contributed by atoms with Crippen LogP contribution >= 0.6 is 0 Å². The van der Waals surface area contributed by atoms with E-state index in [0.717, 1.165) is 6.54 Å². The quantitative estimate of drug-likeness (QED) is 0.749. The highest BCUT2D eigenvalue weighted by molar-refractivity contribution is 5.56. The number of para-hydroxylation sites is 1. The molecule has 0 saturated heterocycles. The molecule has 0 spiro atoms. The fourth-order valence-electron chi connectivity index (χ4n) is 1.05. The van der Waals surface area contributed by atoms with E-state index >= 15 is 0 Å². The zero-order valence-electron chi connectivity index (χ0n) is 7.23. The molecule has 0 amide bonds. The number of anilines is 1. The van der Waals surface area contributed by atoms with Gasteiger partial charge in [0, 0.05) is 6.54 Å². The van der Waals surface area contributed by atoms with Crippen LogP contribution in [0.4, 0.5) is 10.1 Å². The Morgan fingerprint density at radius 2 is 2.25 bits per heavy atom. The number of nitrogens with one attached hydrogen (secondary N) is 1. The van der Waals surface area contributed by atoms with E-state index in [2.05, 4.69) is 5.32 Å². The summed E-state index contributed by atoms with van der Waals surface area (Å²) in [6.07, 6.45) is 0. The zero-order valence-corrected chi connectivity index (χ0v) is 7.23. The van der Waals surface area contributed by atoms with Gasteiger partial charge in [0.2, 0.25) is 0 Å². The van der Waals surface area contributed by atoms with E-state index in [0.29, 0.717) is 5.69 Å². The average molecular weight is 169 g/mol. The number of hydrogen-bond acceptors (Lipinski definition) is 2. The van der Waals surface area contributed by atoms with Gasteiger partial charge in [0.15, 0.2) is 11.6 Å². The number of halogens is 1. The summed E-state index contributed by atoms with van der Waals surface area (Å²) < 4.78 is 17.9. The van der Waals surface area contributed by atoms with Crippen molar-refractivity contribution in [3.05, 3.63) is 24.0 Å². The number of rotatable bonds is 3. The summed E-state index contributed by atoms with van der Waals surface area (Å²) in [5.74, 6) is -0.0599. The molecule has 0 saturated carbocycles. The highest BCUT2D eigenvalue weighted by atomic mass is 19.1. The van der Waals surface area contributed by atoms with Gasteiger partial charge in [-0.1, -0.05) is 6.07 Å². The third-order valence-corrected chi connectivity index (χ3v) is 1.54. The fourth-order valence-corrected chi connectivity index (χ4v) is 1.05. The number of benzene rings is 1. The molecule has 0 heterocycles. The Morgan fingerprint density at radius 1 is 1.50 bits per heavy atom. The highest BCUT2D eigenvalue weighted by Crippen LogP contribution is 2.26. The predicted octanol–water partition coefficient (Wildman–Crippen LogP) is 2.27. The summed E-state index contributed by atoms with van der Waals surface area (Å²) in [7, 11) is 1.46. The van der Waals surface area contributed by atoms with Crippen molar-refractivity contribution in [1.82, 2.24) is 0 Å². The maximum atomic E-state index is 13.0. The number of methoxy groups -OCH3 is 1. The minimum absolute atomic E-state index is 0.277. The second-order valence-corrected chi connectivity index (χ2v) is 2.35. The van der Waals surface area contributed by atoms with E-state index in [9.17, 15) is 4.39 Å². The van der Waals surface area contributed by atoms with Crippen LogP contribution in [0.3, 0.4) is 0 Å². The second-order valence-electron chi connectivity index (χ2n) is 2.35. The van der Waals surface area contributed by atoms with Gasteiger partial charge in [-0.3, -0.25) is 0 Å². The van der Waals surface area contributed by atoms with Gasteiger partial charge in [0.1, 0.15) is 0 Å². The van der Waals surface area contributed by atoms with Crippen molar-refractivity contribution in [1.29, 1.82) is 0 Å². The zero-order chi connectivity index (χ0) is 8.97. The molecule has 0 aliphatic rings. The lowest BCUT2D eigenvalue weighted by atomic mass is 10.3. The molecule has 0 bridgehead atoms. The largest absolute Gasteiger partial charge is 0.492 e. The van der Waals surface area contributed by atoms with Crippen LogP contribution in [0.1, 0.15) is 6.92 Å². The monoisotopic (exact) mass is 169 g/mol. The number of hydrogen-bond donors (Lipinski definition) is 1. The molecule has 12 heavy (non-hydrogen) atoms. The van der Waals surface area contributed by atoms with Gasteiger partial charge < -0.3 is 10.1 Å². The van der Waals surface area contributed by atoms with Gasteiger partial charge in [-0.05, 0) is 19.1 Å². The summed E-state index contributed by atoms with van der Waals surface area (Å²) in [5.41, 5.74) is 0.694. The van der Waals surface area contributed by atoms with Gasteiger partial charge >= 0.3 is 0 Å². The van der Waals surface area contributed by atoms with Gasteiger partial charge in [-0.2, -0.15) is 0 Å². The van der Waals surface area contributed by atoms with Crippen LogP contribution in [-0.4, -0.2) is 13.7 Å². The predicted molar refractivity (Wildman–Crippen MR) is 47.1 cm³/mol. The molecule has 1 aromatic carbocycles. The first-order valence-electron chi connectivity index (χ1n) is 3.86. The molecule has 0 radical (unpaired) electrons. The van der Waals surface area contributed by atoms with Crippen molar-refractivity contribution in [2.75, 3.05) is 19.0 Å². The van der Waals surface area contributed by atoms with E-state index in [-0.39, 0.29) is 11.6 Å². The molecule has 0 fully saturated rings. The first kappa shape index (κ1) is 8.84. The normalized spacial score (nSPS) is 9.58. The molecule has 0 aromatic heterocycles. The molecule has 2 nitrogen and oxygen atoms in total. The van der Waals surface area contributed by atoms with Crippen molar-refractivity contribution in [2.45, 2.75) is 6.92 Å². The number of ether oxygens (including phenoxy) is 1. The Balaban J connectivity index is 3.00. The van der Waals surface area contributed by atoms with E-state index < -0.39 is 0 Å². The lowest BCUT2D eigenvalue weighted by molar-refractivity contribution is 0.388. The van der Waals surface area contributed by atoms with Crippen LogP contribution < -0.4 is 10.1 Å². The topological polar surface area (TPSA) is 21.3 Å². The van der Waals surface area contributed by atoms with Crippen LogP contribution in [-0.2, 0) is 0 Å². The Bertz CT molecular complexity index is 263. The standard InChI is InChI=1S/C9H12FNO/c1-3-11-8-6-4-5-7(10)9(8)12-2/h4-6,11H,3H2,1-2H3. The smallest absolute Gasteiger partial charge is 0.177 e. The van der Waals surface area contributed by atoms with Gasteiger partial charge in [-0.15, -0.1) is 0 Å². The first-order chi connectivity index (χ1) is 5.79. The molecule has 1 rings (SSSR count). The Labute approximate surface area is 71.4 Å². The molecule has 0 aliphatic carbocycles. The molecule has 0 aliphatic heterocycles. The molecule has 66 valence electrons. The molecule has 3 heteroatoms. The Kier molecular flexibility index (Phi) is 2.91. The van der Waals surface area contributed by atoms with Gasteiger partial charge in [0.25, 0.3) is 0 Å². The highest BCUT2D eigenvalue weighted by Gasteiger charge is 2.06. The third-order valence-electron chi connectivity index (χ3n) is 1.54. The third kappa shape index (κ3) is 1.67. The molecule has 1 N–H and O–H groups in total. The summed E-state index contributed by atoms with van der Waals surface area (Å²) in [4.78, 5) is 0. The first-order valence-corrected chi connectivity index (χ1v) is 3.86. The molecule has 0 atom stereocenters. The Hall–Kier alpha value is -1.25. The fraction of sp³-hybridized carbons (Fsp3) is 0.333. The summed E-state index contributed by atoms with van der Waals surface area (Å²) in [5, 5.41) is 3.00. The summed E-state index contributed by atoms with van der Waals surface area (Å²) in [6, 6.07) is 4.81. The van der Waals surface area contributed by atoms with E-state index in [1.54, 1.807) is 12.1 Å². The van der Waals surface area contributed by atoms with E-state index in [4.69, 9.17) is 4.74 Å². The van der Waals surface area contributed by atoms with Crippen LogP contribution in [0.2, 0.25) is 0 Å². The molecule has 1 aromatic rings. The van der Waals surface area contributed by atoms with Crippen molar-refractivity contribution < 1.29 is 9.13 Å². The lowest BCUT2D eigenvalue weighted by Gasteiger charge is -2.09. The van der Waals surface area contributed by atoms with Crippen molar-refractivity contribution >= 4 is 5.69 Å². The molecular formula is C9H12FNO. The van der Waals surface area contributed by atoms with E-state index in [1.807, 2.05) is 6.92 Å². The minimum Gasteiger partial charge on any atom is -0.492 e. The Morgan fingerprint density at radius 3 is 2.83 bits per heavy atom. The SMILES string of the molecule is CCNc1cccc(F)c1OC. The summed E-state index contributed by atoms with van der Waals surface area (Å²) in [6.45, 7) is 2.70. The van der Waals surface area contributed by atoms with Crippen molar-refractivity contribution in [2.24, 2.45) is 0 Å². The van der Waals surface area contributed by atoms with Crippen molar-refractivity contribution in [3.63, 3.8) is 0 Å².